The number of rotatable bonds is 12. The van der Waals surface area contributed by atoms with Gasteiger partial charge in [-0.2, -0.15) is 0 Å². The van der Waals surface area contributed by atoms with E-state index in [-0.39, 0.29) is 17.2 Å². The highest BCUT2D eigenvalue weighted by molar-refractivity contribution is 5.75. The fraction of sp³-hybridized carbons (Fsp3) is 0.700. The van der Waals surface area contributed by atoms with Crippen LogP contribution in [0.1, 0.15) is 64.7 Å². The minimum Gasteiger partial charge on any atom is -0.356 e. The molecule has 1 N–H and O–H groups in total. The highest BCUT2D eigenvalue weighted by Gasteiger charge is 2.14. The summed E-state index contributed by atoms with van der Waals surface area (Å²) in [6.45, 7) is 3.08. The van der Waals surface area contributed by atoms with Crippen LogP contribution < -0.4 is 16.6 Å². The molecule has 156 valence electrons. The Labute approximate surface area is 165 Å². The number of unbranched alkanes of at least 4 members (excludes halogenated alkanes) is 7. The largest absolute Gasteiger partial charge is 0.356 e. The van der Waals surface area contributed by atoms with Gasteiger partial charge in [0.05, 0.1) is 6.33 Å². The Hall–Kier alpha value is -2.38. The molecule has 0 spiro atoms. The molecule has 0 aliphatic heterocycles. The van der Waals surface area contributed by atoms with E-state index in [0.29, 0.717) is 30.7 Å². The molecular weight excluding hydrogens is 358 g/mol. The van der Waals surface area contributed by atoms with Gasteiger partial charge in [-0.05, 0) is 19.8 Å². The third-order valence-corrected chi connectivity index (χ3v) is 5.11. The predicted octanol–water partition coefficient (Wildman–Crippen LogP) is 2.08. The molecule has 0 aromatic carbocycles. The van der Waals surface area contributed by atoms with Crippen molar-refractivity contribution >= 4 is 17.1 Å². The van der Waals surface area contributed by atoms with E-state index >= 15 is 0 Å². The maximum atomic E-state index is 12.6. The van der Waals surface area contributed by atoms with Gasteiger partial charge >= 0.3 is 5.69 Å². The molecule has 2 aromatic heterocycles. The summed E-state index contributed by atoms with van der Waals surface area (Å²) in [7, 11) is 3.42. The van der Waals surface area contributed by atoms with Crippen LogP contribution in [-0.4, -0.2) is 31.1 Å². The summed E-state index contributed by atoms with van der Waals surface area (Å²) >= 11 is 0. The number of carbonyl (C=O) groups is 1. The van der Waals surface area contributed by atoms with Crippen LogP contribution in [-0.2, 0) is 25.4 Å². The van der Waals surface area contributed by atoms with Gasteiger partial charge in [0.15, 0.2) is 11.2 Å². The third kappa shape index (κ3) is 5.56. The smallest absolute Gasteiger partial charge is 0.332 e. The Morgan fingerprint density at radius 1 is 1.00 bits per heavy atom. The lowest BCUT2D eigenvalue weighted by atomic mass is 10.1. The van der Waals surface area contributed by atoms with Crippen LogP contribution in [0.2, 0.25) is 0 Å². The summed E-state index contributed by atoms with van der Waals surface area (Å²) in [6, 6.07) is 0. The molecule has 2 rings (SSSR count). The van der Waals surface area contributed by atoms with Crippen molar-refractivity contribution in [2.24, 2.45) is 14.1 Å². The van der Waals surface area contributed by atoms with E-state index in [1.807, 2.05) is 6.92 Å². The summed E-state index contributed by atoms with van der Waals surface area (Å²) in [4.78, 5) is 40.5. The molecular formula is C20H33N5O3. The summed E-state index contributed by atoms with van der Waals surface area (Å²) in [6.07, 6.45) is 10.6. The highest BCUT2D eigenvalue weighted by atomic mass is 16.2. The molecule has 8 heteroatoms. The third-order valence-electron chi connectivity index (χ3n) is 5.11. The molecule has 2 heterocycles. The molecule has 0 aliphatic carbocycles. The Morgan fingerprint density at radius 2 is 1.61 bits per heavy atom. The van der Waals surface area contributed by atoms with E-state index in [1.165, 1.54) is 9.13 Å². The van der Waals surface area contributed by atoms with Gasteiger partial charge < -0.3 is 9.88 Å². The number of hydrogen-bond acceptors (Lipinski definition) is 4. The average Bonchev–Trinajstić information content (AvgIpc) is 3.06. The highest BCUT2D eigenvalue weighted by Crippen LogP contribution is 2.10. The Bertz CT molecular complexity index is 894. The number of aryl methyl sites for hydroxylation is 2. The number of amides is 1. The normalized spacial score (nSPS) is 11.2. The number of nitrogens with zero attached hydrogens (tertiary/aromatic N) is 4. The van der Waals surface area contributed by atoms with Crippen molar-refractivity contribution in [1.29, 1.82) is 0 Å². The average molecular weight is 392 g/mol. The van der Waals surface area contributed by atoms with E-state index in [2.05, 4.69) is 10.3 Å². The minimum atomic E-state index is -0.302. The van der Waals surface area contributed by atoms with Crippen LogP contribution in [0.4, 0.5) is 0 Å². The summed E-state index contributed by atoms with van der Waals surface area (Å²) in [5.41, 5.74) is 0.337. The monoisotopic (exact) mass is 391 g/mol. The van der Waals surface area contributed by atoms with E-state index < -0.39 is 0 Å². The topological polar surface area (TPSA) is 90.9 Å². The van der Waals surface area contributed by atoms with Crippen molar-refractivity contribution < 1.29 is 4.79 Å². The van der Waals surface area contributed by atoms with Gasteiger partial charge in [-0.15, -0.1) is 0 Å². The second-order valence-corrected chi connectivity index (χ2v) is 7.36. The van der Waals surface area contributed by atoms with Crippen molar-refractivity contribution in [3.63, 3.8) is 0 Å². The van der Waals surface area contributed by atoms with Crippen molar-refractivity contribution in [3.8, 4) is 0 Å². The molecule has 2 aromatic rings. The van der Waals surface area contributed by atoms with Crippen LogP contribution in [0, 0.1) is 0 Å². The van der Waals surface area contributed by atoms with Crippen LogP contribution >= 0.6 is 0 Å². The molecule has 0 saturated carbocycles. The van der Waals surface area contributed by atoms with Crippen molar-refractivity contribution in [1.82, 2.24) is 24.0 Å². The lowest BCUT2D eigenvalue weighted by Crippen LogP contribution is -2.39. The molecule has 0 aliphatic rings. The van der Waals surface area contributed by atoms with Crippen LogP contribution in [0.5, 0.6) is 0 Å². The fourth-order valence-corrected chi connectivity index (χ4v) is 3.50. The molecule has 0 unspecified atom stereocenters. The maximum Gasteiger partial charge on any atom is 0.332 e. The number of fused-ring (bicyclic) bond motifs is 1. The zero-order valence-corrected chi connectivity index (χ0v) is 17.4. The first kappa shape index (κ1) is 21.9. The van der Waals surface area contributed by atoms with Gasteiger partial charge in [-0.1, -0.05) is 38.5 Å². The van der Waals surface area contributed by atoms with Gasteiger partial charge in [0.2, 0.25) is 5.91 Å². The summed E-state index contributed by atoms with van der Waals surface area (Å²) < 4.78 is 4.43. The van der Waals surface area contributed by atoms with Gasteiger partial charge in [0, 0.05) is 33.6 Å². The molecule has 0 atom stereocenters. The van der Waals surface area contributed by atoms with Gasteiger partial charge in [0.1, 0.15) is 0 Å². The first-order valence-corrected chi connectivity index (χ1v) is 10.3. The Kier molecular flexibility index (Phi) is 8.47. The second kappa shape index (κ2) is 10.8. The Morgan fingerprint density at radius 3 is 2.25 bits per heavy atom. The molecule has 0 bridgehead atoms. The number of imidazole rings is 1. The molecule has 0 saturated heterocycles. The standard InChI is InChI=1S/C20H33N5O3/c1-4-21-16(26)13-11-9-7-5-6-8-10-12-14-25-19(27)17-18(22-15-23(17)2)24(3)20(25)28/h15H,4-14H2,1-3H3,(H,21,26). The minimum absolute atomic E-state index is 0.146. The van der Waals surface area contributed by atoms with Crippen molar-refractivity contribution in [2.75, 3.05) is 6.54 Å². The van der Waals surface area contributed by atoms with Gasteiger partial charge in [-0.3, -0.25) is 18.7 Å². The lowest BCUT2D eigenvalue weighted by Gasteiger charge is -2.08. The first-order chi connectivity index (χ1) is 13.5. The first-order valence-electron chi connectivity index (χ1n) is 10.3. The number of hydrogen-bond donors (Lipinski definition) is 1. The molecule has 1 amide bonds. The lowest BCUT2D eigenvalue weighted by molar-refractivity contribution is -0.121. The SMILES string of the molecule is CCNC(=O)CCCCCCCCCCn1c(=O)c2c(ncn2C)n(C)c1=O. The second-order valence-electron chi connectivity index (χ2n) is 7.36. The number of carbonyl (C=O) groups excluding carboxylic acids is 1. The Balaban J connectivity index is 1.68. The summed E-state index contributed by atoms with van der Waals surface area (Å²) in [5, 5.41) is 2.82. The zero-order chi connectivity index (χ0) is 20.5. The van der Waals surface area contributed by atoms with E-state index in [1.54, 1.807) is 25.0 Å². The molecule has 0 radical (unpaired) electrons. The van der Waals surface area contributed by atoms with Crippen LogP contribution in [0.15, 0.2) is 15.9 Å². The maximum absolute atomic E-state index is 12.6. The number of nitrogens with one attached hydrogen (secondary N) is 1. The van der Waals surface area contributed by atoms with E-state index in [4.69, 9.17) is 0 Å². The molecule has 8 nitrogen and oxygen atoms in total. The van der Waals surface area contributed by atoms with Crippen molar-refractivity contribution in [2.45, 2.75) is 71.3 Å². The quantitative estimate of drug-likeness (QED) is 0.561. The van der Waals surface area contributed by atoms with Gasteiger partial charge in [-0.25, -0.2) is 9.78 Å². The van der Waals surface area contributed by atoms with Crippen molar-refractivity contribution in [3.05, 3.63) is 27.2 Å². The van der Waals surface area contributed by atoms with E-state index in [0.717, 1.165) is 51.4 Å². The zero-order valence-electron chi connectivity index (χ0n) is 17.4. The van der Waals surface area contributed by atoms with Gasteiger partial charge in [0.25, 0.3) is 5.56 Å². The van der Waals surface area contributed by atoms with Crippen LogP contribution in [0.3, 0.4) is 0 Å². The summed E-state index contributed by atoms with van der Waals surface area (Å²) in [5.74, 6) is 0.146. The van der Waals surface area contributed by atoms with E-state index in [9.17, 15) is 14.4 Å². The predicted molar refractivity (Wildman–Crippen MR) is 110 cm³/mol. The van der Waals surface area contributed by atoms with Crippen LogP contribution in [0.25, 0.3) is 11.2 Å². The molecule has 28 heavy (non-hydrogen) atoms. The fourth-order valence-electron chi connectivity index (χ4n) is 3.50. The number of aromatic nitrogens is 4. The molecule has 0 fully saturated rings.